The minimum absolute atomic E-state index is 0.173. The molecule has 0 aliphatic carbocycles. The van der Waals surface area contributed by atoms with E-state index < -0.39 is 34.5 Å². The number of thiol groups is 1. The fourth-order valence-electron chi connectivity index (χ4n) is 1.04. The summed E-state index contributed by atoms with van der Waals surface area (Å²) in [6.45, 7) is 1.50. The summed E-state index contributed by atoms with van der Waals surface area (Å²) < 4.78 is 20.5. The Balaban J connectivity index is 4.30. The van der Waals surface area contributed by atoms with Crippen molar-refractivity contribution in [3.8, 4) is 0 Å². The van der Waals surface area contributed by atoms with Gasteiger partial charge in [-0.15, -0.1) is 0 Å². The van der Waals surface area contributed by atoms with Gasteiger partial charge >= 0.3 is 11.9 Å². The highest BCUT2D eigenvalue weighted by Crippen LogP contribution is 2.13. The monoisotopic (exact) mass is 224 g/mol. The van der Waals surface area contributed by atoms with Crippen LogP contribution in [0.1, 0.15) is 13.3 Å². The Morgan fingerprint density at radius 3 is 1.93 bits per heavy atom. The maximum atomic E-state index is 10.4. The molecule has 0 bridgehead atoms. The van der Waals surface area contributed by atoms with Gasteiger partial charge in [0.25, 0.3) is 0 Å². The van der Waals surface area contributed by atoms with Crippen molar-refractivity contribution in [3.05, 3.63) is 0 Å². The van der Waals surface area contributed by atoms with E-state index in [1.807, 2.05) is 0 Å². The summed E-state index contributed by atoms with van der Waals surface area (Å²) in [6.07, 6.45) is -0.173. The topological polar surface area (TPSA) is 109 Å². The number of aliphatic carboxylic acids is 2. The van der Waals surface area contributed by atoms with E-state index >= 15 is 0 Å². The van der Waals surface area contributed by atoms with Crippen LogP contribution in [0.5, 0.6) is 0 Å². The average Bonchev–Trinajstić information content (AvgIpc) is 1.97. The zero-order chi connectivity index (χ0) is 11.3. The van der Waals surface area contributed by atoms with E-state index in [1.165, 1.54) is 6.92 Å². The molecule has 0 fully saturated rings. The molecule has 0 aromatic rings. The van der Waals surface area contributed by atoms with E-state index in [4.69, 9.17) is 10.2 Å². The zero-order valence-electron chi connectivity index (χ0n) is 7.54. The Bertz CT molecular complexity index is 273. The highest BCUT2D eigenvalue weighted by molar-refractivity contribution is 7.72. The fraction of sp³-hybridized carbons (Fsp3) is 0.714. The number of rotatable bonds is 6. The number of carboxylic acids is 2. The highest BCUT2D eigenvalue weighted by Gasteiger charge is 2.27. The molecule has 0 aliphatic rings. The third-order valence-electron chi connectivity index (χ3n) is 1.70. The number of hydrogen-bond donors (Lipinski definition) is 3. The first kappa shape index (κ1) is 12.9. The van der Waals surface area contributed by atoms with Crippen LogP contribution in [0.4, 0.5) is 0 Å². The first-order valence-corrected chi connectivity index (χ1v) is 5.28. The molecular weight excluding hydrogens is 212 g/mol. The van der Waals surface area contributed by atoms with Crippen LogP contribution in [0.2, 0.25) is 0 Å². The van der Waals surface area contributed by atoms with Crippen molar-refractivity contribution in [1.29, 1.82) is 0 Å². The molecule has 0 radical (unpaired) electrons. The van der Waals surface area contributed by atoms with Crippen LogP contribution < -0.4 is 0 Å². The smallest absolute Gasteiger partial charge is 0.317 e. The van der Waals surface area contributed by atoms with Crippen LogP contribution in [-0.2, 0) is 20.3 Å². The van der Waals surface area contributed by atoms with Gasteiger partial charge in [-0.3, -0.25) is 9.59 Å². The highest BCUT2D eigenvalue weighted by atomic mass is 32.2. The molecule has 0 aliphatic heterocycles. The Kier molecular flexibility index (Phi) is 5.14. The predicted molar refractivity (Wildman–Crippen MR) is 47.7 cm³/mol. The van der Waals surface area contributed by atoms with E-state index in [1.54, 1.807) is 0 Å². The Hall–Kier alpha value is -1.11. The SMILES string of the molecule is CC(CC(C(=O)O)C(=O)O)C[SH](=O)=O. The largest absolute Gasteiger partial charge is 0.481 e. The van der Waals surface area contributed by atoms with Gasteiger partial charge in [0.15, 0.2) is 5.92 Å². The van der Waals surface area contributed by atoms with Crippen LogP contribution >= 0.6 is 0 Å². The van der Waals surface area contributed by atoms with Crippen molar-refractivity contribution in [2.75, 3.05) is 5.75 Å². The van der Waals surface area contributed by atoms with Crippen molar-refractivity contribution in [2.45, 2.75) is 13.3 Å². The lowest BCUT2D eigenvalue weighted by atomic mass is 9.97. The maximum absolute atomic E-state index is 10.4. The van der Waals surface area contributed by atoms with Crippen LogP contribution in [0, 0.1) is 11.8 Å². The summed E-state index contributed by atoms with van der Waals surface area (Å²) in [7, 11) is -2.59. The average molecular weight is 224 g/mol. The summed E-state index contributed by atoms with van der Waals surface area (Å²) in [5.74, 6) is -5.06. The molecule has 0 rings (SSSR count). The quantitative estimate of drug-likeness (QED) is 0.411. The van der Waals surface area contributed by atoms with Gasteiger partial charge in [0.05, 0.1) is 5.75 Å². The summed E-state index contributed by atoms with van der Waals surface area (Å²) in [5, 5.41) is 17.0. The molecule has 0 amide bonds. The third kappa shape index (κ3) is 4.80. The first-order chi connectivity index (χ1) is 6.34. The second-order valence-electron chi connectivity index (χ2n) is 3.09. The number of carbonyl (C=O) groups is 2. The van der Waals surface area contributed by atoms with Gasteiger partial charge in [-0.2, -0.15) is 0 Å². The van der Waals surface area contributed by atoms with E-state index in [0.29, 0.717) is 0 Å². The molecule has 14 heavy (non-hydrogen) atoms. The summed E-state index contributed by atoms with van der Waals surface area (Å²) in [5.41, 5.74) is 0. The third-order valence-corrected chi connectivity index (χ3v) is 2.62. The number of carboxylic acid groups (broad SMARTS) is 2. The minimum atomic E-state index is -2.59. The standard InChI is InChI=1S/C7H12O6S/c1-4(3-14(12)13)2-5(6(8)9)7(10)11/h4-5,14H,2-3H2,1H3,(H,8,9)(H,10,11). The van der Waals surface area contributed by atoms with Gasteiger partial charge in [-0.25, -0.2) is 8.42 Å². The zero-order valence-corrected chi connectivity index (χ0v) is 8.44. The fourth-order valence-corrected chi connectivity index (χ4v) is 1.70. The van der Waals surface area contributed by atoms with E-state index in [-0.39, 0.29) is 12.2 Å². The van der Waals surface area contributed by atoms with Gasteiger partial charge in [0.1, 0.15) is 10.7 Å². The molecular formula is C7H12O6S. The molecule has 0 spiro atoms. The maximum Gasteiger partial charge on any atom is 0.317 e. The molecule has 2 N–H and O–H groups in total. The van der Waals surface area contributed by atoms with Crippen LogP contribution in [0.3, 0.4) is 0 Å². The molecule has 7 heteroatoms. The normalized spacial score (nSPS) is 13.1. The molecule has 0 aromatic carbocycles. The molecule has 1 unspecified atom stereocenters. The van der Waals surface area contributed by atoms with Crippen molar-refractivity contribution in [3.63, 3.8) is 0 Å². The van der Waals surface area contributed by atoms with E-state index in [2.05, 4.69) is 0 Å². The predicted octanol–water partition coefficient (Wildman–Crippen LogP) is -0.591. The summed E-state index contributed by atoms with van der Waals surface area (Å²) in [6, 6.07) is 0. The van der Waals surface area contributed by atoms with E-state index in [9.17, 15) is 18.0 Å². The van der Waals surface area contributed by atoms with Gasteiger partial charge in [-0.05, 0) is 12.3 Å². The van der Waals surface area contributed by atoms with Gasteiger partial charge in [-0.1, -0.05) is 6.92 Å². The minimum Gasteiger partial charge on any atom is -0.481 e. The summed E-state index contributed by atoms with van der Waals surface area (Å²) in [4.78, 5) is 20.9. The lowest BCUT2D eigenvalue weighted by Gasteiger charge is -2.11. The van der Waals surface area contributed by atoms with E-state index in [0.717, 1.165) is 0 Å². The Labute approximate surface area is 82.5 Å². The molecule has 0 saturated carbocycles. The van der Waals surface area contributed by atoms with Crippen LogP contribution in [-0.4, -0.2) is 36.3 Å². The number of hydrogen-bond acceptors (Lipinski definition) is 4. The molecule has 6 nitrogen and oxygen atoms in total. The molecule has 82 valence electrons. The molecule has 0 heterocycles. The molecule has 1 atom stereocenters. The second-order valence-corrected chi connectivity index (χ2v) is 4.12. The van der Waals surface area contributed by atoms with Crippen molar-refractivity contribution in [1.82, 2.24) is 0 Å². The van der Waals surface area contributed by atoms with Gasteiger partial charge < -0.3 is 10.2 Å². The van der Waals surface area contributed by atoms with Crippen molar-refractivity contribution < 1.29 is 28.2 Å². The van der Waals surface area contributed by atoms with Crippen LogP contribution in [0.25, 0.3) is 0 Å². The Morgan fingerprint density at radius 2 is 1.64 bits per heavy atom. The molecule has 0 saturated heterocycles. The lowest BCUT2D eigenvalue weighted by molar-refractivity contribution is -0.155. The van der Waals surface area contributed by atoms with Gasteiger partial charge in [0.2, 0.25) is 0 Å². The van der Waals surface area contributed by atoms with Gasteiger partial charge in [0, 0.05) is 0 Å². The Morgan fingerprint density at radius 1 is 1.21 bits per heavy atom. The summed E-state index contributed by atoms with van der Waals surface area (Å²) >= 11 is 0. The molecule has 0 aromatic heterocycles. The second kappa shape index (κ2) is 5.58. The van der Waals surface area contributed by atoms with Crippen LogP contribution in [0.15, 0.2) is 0 Å². The first-order valence-electron chi connectivity index (χ1n) is 3.92. The van der Waals surface area contributed by atoms with Crippen molar-refractivity contribution >= 4 is 22.6 Å². The lowest BCUT2D eigenvalue weighted by Crippen LogP contribution is -2.26. The van der Waals surface area contributed by atoms with Crippen molar-refractivity contribution in [2.24, 2.45) is 11.8 Å².